The lowest BCUT2D eigenvalue weighted by molar-refractivity contribution is 0.0945. The first kappa shape index (κ1) is 11.5. The lowest BCUT2D eigenvalue weighted by atomic mass is 9.98. The van der Waals surface area contributed by atoms with Gasteiger partial charge in [-0.15, -0.1) is 0 Å². The van der Waals surface area contributed by atoms with Gasteiger partial charge in [0.15, 0.2) is 0 Å². The number of aryl methyl sites for hydroxylation is 1. The number of aromatic nitrogens is 1. The molecule has 0 radical (unpaired) electrons. The highest BCUT2D eigenvalue weighted by atomic mass is 16.5. The fourth-order valence-electron chi connectivity index (χ4n) is 2.22. The Morgan fingerprint density at radius 1 is 1.69 bits per heavy atom. The van der Waals surface area contributed by atoms with Crippen molar-refractivity contribution in [2.24, 2.45) is 5.84 Å². The number of ether oxygens (including phenoxy) is 1. The van der Waals surface area contributed by atoms with Crippen LogP contribution in [0.2, 0.25) is 0 Å². The lowest BCUT2D eigenvalue weighted by Crippen LogP contribution is -2.31. The summed E-state index contributed by atoms with van der Waals surface area (Å²) in [6.45, 7) is 2.96. The second-order valence-corrected chi connectivity index (χ2v) is 4.32. The highest BCUT2D eigenvalue weighted by Crippen LogP contribution is 2.25. The molecule has 16 heavy (non-hydrogen) atoms. The van der Waals surface area contributed by atoms with E-state index in [9.17, 15) is 0 Å². The average molecular weight is 221 g/mol. The molecule has 2 rings (SSSR count). The lowest BCUT2D eigenvalue weighted by Gasteiger charge is -2.21. The molecule has 4 heteroatoms. The third kappa shape index (κ3) is 2.58. The summed E-state index contributed by atoms with van der Waals surface area (Å²) in [5, 5.41) is 0. The van der Waals surface area contributed by atoms with Crippen molar-refractivity contribution in [2.75, 3.05) is 6.61 Å². The second-order valence-electron chi connectivity index (χ2n) is 4.32. The smallest absolute Gasteiger partial charge is 0.0594 e. The molecule has 1 aliphatic rings. The SMILES string of the molecule is Cc1ccncc1C(CC1CCCO1)NN. The number of nitrogens with one attached hydrogen (secondary N) is 1. The largest absolute Gasteiger partial charge is 0.378 e. The third-order valence-electron chi connectivity index (χ3n) is 3.18. The van der Waals surface area contributed by atoms with Crippen molar-refractivity contribution in [3.63, 3.8) is 0 Å². The number of nitrogens with two attached hydrogens (primary N) is 1. The molecule has 0 aromatic carbocycles. The quantitative estimate of drug-likeness (QED) is 0.597. The summed E-state index contributed by atoms with van der Waals surface area (Å²) in [6.07, 6.45) is 7.24. The maximum absolute atomic E-state index is 5.63. The van der Waals surface area contributed by atoms with Gasteiger partial charge in [0.2, 0.25) is 0 Å². The molecule has 2 heterocycles. The van der Waals surface area contributed by atoms with Gasteiger partial charge in [0.25, 0.3) is 0 Å². The molecule has 0 bridgehead atoms. The number of hydrogen-bond acceptors (Lipinski definition) is 4. The van der Waals surface area contributed by atoms with Crippen LogP contribution in [0.4, 0.5) is 0 Å². The molecule has 0 amide bonds. The predicted molar refractivity (Wildman–Crippen MR) is 62.6 cm³/mol. The maximum atomic E-state index is 5.63. The van der Waals surface area contributed by atoms with Crippen molar-refractivity contribution < 1.29 is 4.74 Å². The number of pyridine rings is 1. The van der Waals surface area contributed by atoms with E-state index < -0.39 is 0 Å². The zero-order valence-corrected chi connectivity index (χ0v) is 9.65. The van der Waals surface area contributed by atoms with Crippen LogP contribution in [-0.2, 0) is 4.74 Å². The van der Waals surface area contributed by atoms with Gasteiger partial charge in [0, 0.05) is 19.0 Å². The normalized spacial score (nSPS) is 22.2. The minimum absolute atomic E-state index is 0.136. The molecular formula is C12H19N3O. The van der Waals surface area contributed by atoms with Crippen LogP contribution >= 0.6 is 0 Å². The summed E-state index contributed by atoms with van der Waals surface area (Å²) in [4.78, 5) is 4.15. The summed E-state index contributed by atoms with van der Waals surface area (Å²) in [5.41, 5.74) is 5.25. The van der Waals surface area contributed by atoms with Gasteiger partial charge in [0.1, 0.15) is 0 Å². The van der Waals surface area contributed by atoms with E-state index in [1.54, 1.807) is 6.20 Å². The third-order valence-corrected chi connectivity index (χ3v) is 3.18. The van der Waals surface area contributed by atoms with Crippen molar-refractivity contribution in [3.8, 4) is 0 Å². The van der Waals surface area contributed by atoms with Gasteiger partial charge in [-0.3, -0.25) is 16.3 Å². The Morgan fingerprint density at radius 2 is 2.56 bits per heavy atom. The molecule has 4 nitrogen and oxygen atoms in total. The highest BCUT2D eigenvalue weighted by Gasteiger charge is 2.22. The Hall–Kier alpha value is -0.970. The number of hydrazine groups is 1. The number of rotatable bonds is 4. The van der Waals surface area contributed by atoms with Crippen molar-refractivity contribution in [3.05, 3.63) is 29.6 Å². The molecule has 2 unspecified atom stereocenters. The minimum atomic E-state index is 0.136. The van der Waals surface area contributed by atoms with Crippen molar-refractivity contribution in [1.29, 1.82) is 0 Å². The first-order chi connectivity index (χ1) is 7.81. The first-order valence-electron chi connectivity index (χ1n) is 5.79. The standard InChI is InChI=1S/C12H19N3O/c1-9-4-5-14-8-11(9)12(15-13)7-10-3-2-6-16-10/h4-5,8,10,12,15H,2-3,6-7,13H2,1H3. The van der Waals surface area contributed by atoms with Gasteiger partial charge >= 0.3 is 0 Å². The molecule has 2 atom stereocenters. The molecule has 0 aliphatic carbocycles. The molecule has 1 aromatic heterocycles. The average Bonchev–Trinajstić information content (AvgIpc) is 2.80. The molecule has 1 aromatic rings. The Kier molecular flexibility index (Phi) is 3.88. The van der Waals surface area contributed by atoms with Gasteiger partial charge in [-0.05, 0) is 43.4 Å². The topological polar surface area (TPSA) is 60.2 Å². The van der Waals surface area contributed by atoms with Crippen LogP contribution in [0, 0.1) is 6.92 Å². The van der Waals surface area contributed by atoms with Crippen LogP contribution < -0.4 is 11.3 Å². The van der Waals surface area contributed by atoms with Crippen LogP contribution in [0.3, 0.4) is 0 Å². The predicted octanol–water partition coefficient (Wildman–Crippen LogP) is 1.46. The van der Waals surface area contributed by atoms with Gasteiger partial charge in [-0.25, -0.2) is 0 Å². The Morgan fingerprint density at radius 3 is 3.19 bits per heavy atom. The summed E-state index contributed by atoms with van der Waals surface area (Å²) in [5.74, 6) is 5.62. The molecule has 3 N–H and O–H groups in total. The monoisotopic (exact) mass is 221 g/mol. The van der Waals surface area contributed by atoms with E-state index in [0.717, 1.165) is 25.9 Å². The summed E-state index contributed by atoms with van der Waals surface area (Å²) < 4.78 is 5.63. The Labute approximate surface area is 96.2 Å². The van der Waals surface area contributed by atoms with E-state index in [0.29, 0.717) is 6.10 Å². The van der Waals surface area contributed by atoms with E-state index in [2.05, 4.69) is 17.3 Å². The van der Waals surface area contributed by atoms with Crippen LogP contribution in [0.25, 0.3) is 0 Å². The molecule has 1 saturated heterocycles. The second kappa shape index (κ2) is 5.39. The minimum Gasteiger partial charge on any atom is -0.378 e. The van der Waals surface area contributed by atoms with E-state index in [-0.39, 0.29) is 6.04 Å². The summed E-state index contributed by atoms with van der Waals surface area (Å²) >= 11 is 0. The van der Waals surface area contributed by atoms with Crippen molar-refractivity contribution >= 4 is 0 Å². The van der Waals surface area contributed by atoms with Crippen molar-refractivity contribution in [2.45, 2.75) is 38.3 Å². The van der Waals surface area contributed by atoms with E-state index in [4.69, 9.17) is 10.6 Å². The fraction of sp³-hybridized carbons (Fsp3) is 0.583. The summed E-state index contributed by atoms with van der Waals surface area (Å²) in [7, 11) is 0. The Balaban J connectivity index is 2.06. The fourth-order valence-corrected chi connectivity index (χ4v) is 2.22. The molecular weight excluding hydrogens is 202 g/mol. The Bertz CT molecular complexity index is 337. The van der Waals surface area contributed by atoms with Gasteiger partial charge in [0.05, 0.1) is 12.1 Å². The number of hydrogen-bond donors (Lipinski definition) is 2. The molecule has 0 saturated carbocycles. The van der Waals surface area contributed by atoms with Crippen LogP contribution in [0.1, 0.15) is 36.4 Å². The van der Waals surface area contributed by atoms with Gasteiger partial charge in [-0.1, -0.05) is 0 Å². The summed E-state index contributed by atoms with van der Waals surface area (Å²) in [6, 6.07) is 2.15. The van der Waals surface area contributed by atoms with Gasteiger partial charge in [-0.2, -0.15) is 0 Å². The van der Waals surface area contributed by atoms with Crippen LogP contribution in [0.15, 0.2) is 18.5 Å². The number of nitrogens with zero attached hydrogens (tertiary/aromatic N) is 1. The van der Waals surface area contributed by atoms with Crippen LogP contribution in [0.5, 0.6) is 0 Å². The van der Waals surface area contributed by atoms with Gasteiger partial charge < -0.3 is 4.74 Å². The van der Waals surface area contributed by atoms with E-state index in [1.807, 2.05) is 12.3 Å². The molecule has 1 aliphatic heterocycles. The zero-order valence-electron chi connectivity index (χ0n) is 9.65. The van der Waals surface area contributed by atoms with E-state index >= 15 is 0 Å². The molecule has 1 fully saturated rings. The maximum Gasteiger partial charge on any atom is 0.0594 e. The molecule has 0 spiro atoms. The first-order valence-corrected chi connectivity index (χ1v) is 5.79. The highest BCUT2D eigenvalue weighted by molar-refractivity contribution is 5.25. The van der Waals surface area contributed by atoms with Crippen LogP contribution in [-0.4, -0.2) is 17.7 Å². The van der Waals surface area contributed by atoms with E-state index in [1.165, 1.54) is 11.1 Å². The molecule has 88 valence electrons. The zero-order chi connectivity index (χ0) is 11.4. The van der Waals surface area contributed by atoms with Crippen molar-refractivity contribution in [1.82, 2.24) is 10.4 Å².